The van der Waals surface area contributed by atoms with Crippen LogP contribution in [0.3, 0.4) is 0 Å². The van der Waals surface area contributed by atoms with E-state index in [1.54, 1.807) is 12.1 Å². The minimum absolute atomic E-state index is 0.0115. The van der Waals surface area contributed by atoms with Gasteiger partial charge in [-0.1, -0.05) is 6.07 Å². The summed E-state index contributed by atoms with van der Waals surface area (Å²) in [6.45, 7) is 14.3. The summed E-state index contributed by atoms with van der Waals surface area (Å²) in [5, 5.41) is 26.5. The van der Waals surface area contributed by atoms with E-state index in [9.17, 15) is 43.9 Å². The molecule has 1 saturated heterocycles. The Morgan fingerprint density at radius 3 is 1.56 bits per heavy atom. The number of rotatable bonds is 2. The van der Waals surface area contributed by atoms with Gasteiger partial charge in [-0.15, -0.1) is 0 Å². The van der Waals surface area contributed by atoms with Gasteiger partial charge < -0.3 is 9.31 Å². The van der Waals surface area contributed by atoms with Gasteiger partial charge in [-0.25, -0.2) is 22.4 Å². The van der Waals surface area contributed by atoms with Crippen LogP contribution in [0.1, 0.15) is 55.5 Å². The van der Waals surface area contributed by atoms with Gasteiger partial charge in [-0.05, 0) is 109 Å². The van der Waals surface area contributed by atoms with Crippen molar-refractivity contribution in [2.45, 2.75) is 51.2 Å². The SMILES string of the molecule is CC1(C)OB(c2cc(F)c(F)cc2C#N)OC1(C)C.N#Cc1cc(C(F)(F)F)ccc1Br.[C-]#[N+]c1cc(F)c(F)cc1-c1ccc(C(F)(F)F)cc1C#N. The molecule has 0 unspecified atom stereocenters. The topological polar surface area (TPSA) is 94.2 Å². The first-order valence-electron chi connectivity index (χ1n) is 14.9. The van der Waals surface area contributed by atoms with Crippen molar-refractivity contribution < 1.29 is 53.2 Å². The Bertz CT molecular complexity index is 2230. The molecule has 4 aromatic carbocycles. The molecular formula is C36H22BBrF10N4O2. The standard InChI is InChI=1S/C15H5F5N2.C13H14BF2NO2.C8H3BrF3N/c1-22-14-6-13(17)12(16)5-11(14)10-3-2-9(15(18,19)20)4-8(10)7-21;1-12(2)13(3,4)19-14(18-12)9-6-11(16)10(15)5-8(9)7-17;9-7-2-1-6(8(10,11)12)3-5(7)4-13/h2-6H;5-6H,1-4H3;1-3H. The average molecular weight is 823 g/mol. The number of hydrogen-bond acceptors (Lipinski definition) is 5. The molecule has 0 bridgehead atoms. The number of nitriles is 3. The second kappa shape index (κ2) is 16.3. The van der Waals surface area contributed by atoms with Crippen LogP contribution >= 0.6 is 15.9 Å². The molecule has 5 rings (SSSR count). The lowest BCUT2D eigenvalue weighted by molar-refractivity contribution is -0.138. The number of alkyl halides is 6. The first-order chi connectivity index (χ1) is 24.9. The van der Waals surface area contributed by atoms with Crippen molar-refractivity contribution in [3.05, 3.63) is 128 Å². The number of hydrogen-bond donors (Lipinski definition) is 0. The summed E-state index contributed by atoms with van der Waals surface area (Å²) in [5.41, 5.74) is -3.75. The Morgan fingerprint density at radius 1 is 0.630 bits per heavy atom. The summed E-state index contributed by atoms with van der Waals surface area (Å²) in [6.07, 6.45) is -9.03. The van der Waals surface area contributed by atoms with Crippen LogP contribution in [0.2, 0.25) is 0 Å². The largest absolute Gasteiger partial charge is 0.496 e. The highest BCUT2D eigenvalue weighted by Gasteiger charge is 2.52. The van der Waals surface area contributed by atoms with Crippen LogP contribution in [0.25, 0.3) is 16.0 Å². The Morgan fingerprint density at radius 2 is 1.07 bits per heavy atom. The molecular weight excluding hydrogens is 801 g/mol. The number of nitrogens with zero attached hydrogens (tertiary/aromatic N) is 4. The fourth-order valence-electron chi connectivity index (χ4n) is 4.50. The quantitative estimate of drug-likeness (QED) is 0.114. The van der Waals surface area contributed by atoms with Crippen molar-refractivity contribution in [1.82, 2.24) is 0 Å². The molecule has 54 heavy (non-hydrogen) atoms. The van der Waals surface area contributed by atoms with E-state index in [0.29, 0.717) is 28.7 Å². The van der Waals surface area contributed by atoms with Crippen molar-refractivity contribution in [2.24, 2.45) is 0 Å². The zero-order valence-corrected chi connectivity index (χ0v) is 29.7. The van der Waals surface area contributed by atoms with E-state index < -0.39 is 65.1 Å². The Kier molecular flexibility index (Phi) is 13.0. The van der Waals surface area contributed by atoms with E-state index in [2.05, 4.69) is 20.8 Å². The Hall–Kier alpha value is -5.40. The summed E-state index contributed by atoms with van der Waals surface area (Å²) in [6, 6.07) is 13.4. The van der Waals surface area contributed by atoms with E-state index >= 15 is 0 Å². The molecule has 6 nitrogen and oxygen atoms in total. The monoisotopic (exact) mass is 822 g/mol. The number of halogens is 11. The molecule has 4 aromatic rings. The molecule has 0 radical (unpaired) electrons. The van der Waals surface area contributed by atoms with E-state index in [4.69, 9.17) is 31.7 Å². The maximum Gasteiger partial charge on any atom is 0.496 e. The van der Waals surface area contributed by atoms with E-state index in [1.807, 2.05) is 33.8 Å². The lowest BCUT2D eigenvalue weighted by Crippen LogP contribution is -2.41. The third-order valence-electron chi connectivity index (χ3n) is 8.05. The third-order valence-corrected chi connectivity index (χ3v) is 8.74. The molecule has 0 spiro atoms. The summed E-state index contributed by atoms with van der Waals surface area (Å²) in [4.78, 5) is 3.01. The highest BCUT2D eigenvalue weighted by atomic mass is 79.9. The van der Waals surface area contributed by atoms with Crippen molar-refractivity contribution in [1.29, 1.82) is 15.8 Å². The van der Waals surface area contributed by atoms with Gasteiger partial charge in [0.25, 0.3) is 0 Å². The first-order valence-corrected chi connectivity index (χ1v) is 15.7. The fraction of sp³-hybridized carbons (Fsp3) is 0.222. The summed E-state index contributed by atoms with van der Waals surface area (Å²) in [5.74, 6) is -4.59. The molecule has 1 aliphatic rings. The highest BCUT2D eigenvalue weighted by Crippen LogP contribution is 2.39. The van der Waals surface area contributed by atoms with Crippen molar-refractivity contribution in [3.63, 3.8) is 0 Å². The second-order valence-electron chi connectivity index (χ2n) is 12.1. The summed E-state index contributed by atoms with van der Waals surface area (Å²) >= 11 is 2.97. The van der Waals surface area contributed by atoms with E-state index in [1.165, 1.54) is 6.07 Å². The van der Waals surface area contributed by atoms with Gasteiger partial charge in [0, 0.05) is 9.94 Å². The van der Waals surface area contributed by atoms with Crippen LogP contribution in [0.5, 0.6) is 0 Å². The maximum atomic E-state index is 13.3. The molecule has 0 aromatic heterocycles. The summed E-state index contributed by atoms with van der Waals surface area (Å²) < 4.78 is 139. The Labute approximate surface area is 310 Å². The van der Waals surface area contributed by atoms with Crippen molar-refractivity contribution in [2.75, 3.05) is 0 Å². The van der Waals surface area contributed by atoms with Crippen LogP contribution in [0.15, 0.2) is 65.1 Å². The second-order valence-corrected chi connectivity index (χ2v) is 13.0. The molecule has 0 aliphatic carbocycles. The van der Waals surface area contributed by atoms with Crippen LogP contribution in [-0.4, -0.2) is 18.3 Å². The van der Waals surface area contributed by atoms with Crippen LogP contribution in [-0.2, 0) is 21.7 Å². The zero-order valence-electron chi connectivity index (χ0n) is 28.1. The highest BCUT2D eigenvalue weighted by molar-refractivity contribution is 9.10. The molecule has 278 valence electrons. The molecule has 0 amide bonds. The average Bonchev–Trinajstić information content (AvgIpc) is 3.31. The lowest BCUT2D eigenvalue weighted by atomic mass is 9.76. The minimum Gasteiger partial charge on any atom is -0.399 e. The van der Waals surface area contributed by atoms with E-state index in [0.717, 1.165) is 30.3 Å². The maximum absolute atomic E-state index is 13.3. The van der Waals surface area contributed by atoms with Crippen molar-refractivity contribution >= 4 is 34.2 Å². The lowest BCUT2D eigenvalue weighted by Gasteiger charge is -2.32. The predicted molar refractivity (Wildman–Crippen MR) is 178 cm³/mol. The normalized spacial score (nSPS) is 14.2. The van der Waals surface area contributed by atoms with Crippen LogP contribution < -0.4 is 5.46 Å². The van der Waals surface area contributed by atoms with Gasteiger partial charge in [-0.2, -0.15) is 42.1 Å². The molecule has 18 heteroatoms. The minimum atomic E-state index is -4.64. The molecule has 0 N–H and O–H groups in total. The van der Waals surface area contributed by atoms with Gasteiger partial charge in [-0.3, -0.25) is 0 Å². The van der Waals surface area contributed by atoms with Crippen LogP contribution in [0.4, 0.5) is 49.6 Å². The Balaban J connectivity index is 0.000000225. The van der Waals surface area contributed by atoms with Gasteiger partial charge >= 0.3 is 19.5 Å². The van der Waals surface area contributed by atoms with E-state index in [-0.39, 0.29) is 39.0 Å². The van der Waals surface area contributed by atoms with Crippen molar-refractivity contribution in [3.8, 4) is 29.3 Å². The molecule has 1 aliphatic heterocycles. The third kappa shape index (κ3) is 9.77. The molecule has 1 fully saturated rings. The van der Waals surface area contributed by atoms with Gasteiger partial charge in [0.15, 0.2) is 23.1 Å². The predicted octanol–water partition coefficient (Wildman–Crippen LogP) is 10.5. The molecule has 1 heterocycles. The van der Waals surface area contributed by atoms with Crippen LogP contribution in [0, 0.1) is 63.8 Å². The number of benzene rings is 4. The smallest absolute Gasteiger partial charge is 0.399 e. The summed E-state index contributed by atoms with van der Waals surface area (Å²) in [7, 11) is -0.880. The molecule has 0 saturated carbocycles. The molecule has 0 atom stereocenters. The van der Waals surface area contributed by atoms with Gasteiger partial charge in [0.2, 0.25) is 0 Å². The fourth-order valence-corrected chi connectivity index (χ4v) is 4.84. The van der Waals surface area contributed by atoms with Gasteiger partial charge in [0.05, 0.1) is 57.7 Å². The first kappa shape index (κ1) is 43.0. The zero-order chi connectivity index (χ0) is 41.0. The van der Waals surface area contributed by atoms with Gasteiger partial charge in [0.1, 0.15) is 11.9 Å².